The van der Waals surface area contributed by atoms with E-state index in [1.54, 1.807) is 18.5 Å². The van der Waals surface area contributed by atoms with Crippen molar-refractivity contribution in [2.24, 2.45) is 5.73 Å². The number of nitrogens with one attached hydrogen (secondary N) is 1. The summed E-state index contributed by atoms with van der Waals surface area (Å²) < 4.78 is 16.0. The number of benzene rings is 1. The van der Waals surface area contributed by atoms with E-state index < -0.39 is 0 Å². The first-order valence-electron chi connectivity index (χ1n) is 5.91. The maximum absolute atomic E-state index is 14.1. The van der Waals surface area contributed by atoms with Crippen molar-refractivity contribution in [2.45, 2.75) is 13.1 Å². The van der Waals surface area contributed by atoms with E-state index in [4.69, 9.17) is 11.1 Å². The lowest BCUT2D eigenvalue weighted by Crippen LogP contribution is -2.34. The number of hydrogen-bond acceptors (Lipinski definition) is 4. The van der Waals surface area contributed by atoms with Crippen LogP contribution in [0.15, 0.2) is 24.5 Å². The normalized spacial score (nSPS) is 14.3. The molecule has 0 amide bonds. The van der Waals surface area contributed by atoms with Gasteiger partial charge in [-0.05, 0) is 18.2 Å². The third-order valence-corrected chi connectivity index (χ3v) is 3.24. The predicted octanol–water partition coefficient (Wildman–Crippen LogP) is 0.721. The van der Waals surface area contributed by atoms with Crippen LogP contribution in [0.2, 0.25) is 0 Å². The van der Waals surface area contributed by atoms with Crippen LogP contribution >= 0.6 is 0 Å². The highest BCUT2D eigenvalue weighted by Crippen LogP contribution is 2.24. The molecule has 3 rings (SSSR count). The molecule has 2 aromatic rings. The van der Waals surface area contributed by atoms with Crippen LogP contribution < -0.4 is 10.6 Å². The molecule has 0 unspecified atom stereocenters. The van der Waals surface area contributed by atoms with Crippen molar-refractivity contribution < 1.29 is 4.39 Å². The van der Waals surface area contributed by atoms with Crippen molar-refractivity contribution in [3.8, 4) is 0 Å². The Bertz CT molecular complexity index is 635. The highest BCUT2D eigenvalue weighted by atomic mass is 19.1. The summed E-state index contributed by atoms with van der Waals surface area (Å²) >= 11 is 0. The molecular weight excluding hydrogens is 247 g/mol. The van der Waals surface area contributed by atoms with E-state index in [1.165, 1.54) is 6.07 Å². The number of fused-ring (bicyclic) bond motifs is 1. The van der Waals surface area contributed by atoms with Gasteiger partial charge in [0.1, 0.15) is 18.0 Å². The number of nitrogen functional groups attached to an aromatic ring is 1. The summed E-state index contributed by atoms with van der Waals surface area (Å²) in [5.41, 5.74) is 6.23. The molecule has 0 radical (unpaired) electrons. The van der Waals surface area contributed by atoms with Crippen molar-refractivity contribution in [3.63, 3.8) is 0 Å². The minimum atomic E-state index is -0.374. The lowest BCUT2D eigenvalue weighted by molar-refractivity contribution is 0.544. The van der Waals surface area contributed by atoms with Crippen molar-refractivity contribution in [3.05, 3.63) is 41.7 Å². The number of nitrogens with two attached hydrogens (primary N) is 1. The van der Waals surface area contributed by atoms with Crippen LogP contribution in [-0.2, 0) is 13.1 Å². The van der Waals surface area contributed by atoms with E-state index in [0.717, 1.165) is 12.4 Å². The number of halogens is 1. The molecule has 0 saturated carbocycles. The standard InChI is InChI=1S/C12H13FN6/c13-9-5-8(12(14)15)1-2-10(9)18-3-4-19-7-16-17-11(19)6-18/h1-2,5,7H,3-4,6H2,(H3,14,15). The minimum Gasteiger partial charge on any atom is -0.384 e. The van der Waals surface area contributed by atoms with Gasteiger partial charge in [0.05, 0.1) is 12.2 Å². The summed E-state index contributed by atoms with van der Waals surface area (Å²) in [5.74, 6) is 0.311. The van der Waals surface area contributed by atoms with E-state index in [1.807, 2.05) is 9.47 Å². The summed E-state index contributed by atoms with van der Waals surface area (Å²) in [4.78, 5) is 1.91. The van der Waals surface area contributed by atoms with Crippen LogP contribution in [0.5, 0.6) is 0 Å². The molecule has 0 fully saturated rings. The molecule has 1 aromatic carbocycles. The Morgan fingerprint density at radius 3 is 2.95 bits per heavy atom. The number of aromatic nitrogens is 3. The number of hydrogen-bond donors (Lipinski definition) is 2. The molecule has 0 spiro atoms. The average Bonchev–Trinajstić information content (AvgIpc) is 2.85. The molecule has 6 nitrogen and oxygen atoms in total. The molecule has 0 atom stereocenters. The molecule has 19 heavy (non-hydrogen) atoms. The van der Waals surface area contributed by atoms with E-state index in [9.17, 15) is 4.39 Å². The fraction of sp³-hybridized carbons (Fsp3) is 0.250. The molecule has 98 valence electrons. The summed E-state index contributed by atoms with van der Waals surface area (Å²) in [5, 5.41) is 15.1. The largest absolute Gasteiger partial charge is 0.384 e. The third-order valence-electron chi connectivity index (χ3n) is 3.24. The molecule has 1 aliphatic rings. The van der Waals surface area contributed by atoms with Gasteiger partial charge in [-0.2, -0.15) is 0 Å². The predicted molar refractivity (Wildman–Crippen MR) is 68.5 cm³/mol. The number of anilines is 1. The quantitative estimate of drug-likeness (QED) is 0.615. The summed E-state index contributed by atoms with van der Waals surface area (Å²) in [6, 6.07) is 4.59. The maximum atomic E-state index is 14.1. The fourth-order valence-electron chi connectivity index (χ4n) is 2.20. The van der Waals surface area contributed by atoms with E-state index in [2.05, 4.69) is 10.2 Å². The van der Waals surface area contributed by atoms with Gasteiger partial charge in [0.25, 0.3) is 0 Å². The summed E-state index contributed by atoms with van der Waals surface area (Å²) in [6.07, 6.45) is 1.68. The molecule has 0 saturated heterocycles. The van der Waals surface area contributed by atoms with E-state index in [-0.39, 0.29) is 11.7 Å². The Labute approximate surface area is 109 Å². The van der Waals surface area contributed by atoms with Crippen molar-refractivity contribution in [2.75, 3.05) is 11.4 Å². The van der Waals surface area contributed by atoms with Crippen molar-refractivity contribution in [1.29, 1.82) is 5.41 Å². The number of nitrogens with zero attached hydrogens (tertiary/aromatic N) is 4. The molecule has 3 N–H and O–H groups in total. The molecule has 0 bridgehead atoms. The zero-order valence-corrected chi connectivity index (χ0v) is 10.2. The Hall–Kier alpha value is -2.44. The molecule has 2 heterocycles. The highest BCUT2D eigenvalue weighted by molar-refractivity contribution is 5.95. The van der Waals surface area contributed by atoms with Crippen LogP contribution in [0.25, 0.3) is 0 Å². The van der Waals surface area contributed by atoms with Gasteiger partial charge in [-0.1, -0.05) is 0 Å². The van der Waals surface area contributed by atoms with Gasteiger partial charge < -0.3 is 15.2 Å². The van der Waals surface area contributed by atoms with E-state index in [0.29, 0.717) is 24.3 Å². The van der Waals surface area contributed by atoms with Gasteiger partial charge in [0.2, 0.25) is 0 Å². The van der Waals surface area contributed by atoms with Crippen molar-refractivity contribution in [1.82, 2.24) is 14.8 Å². The Morgan fingerprint density at radius 2 is 2.21 bits per heavy atom. The molecular formula is C12H13FN6. The molecule has 1 aliphatic heterocycles. The summed E-state index contributed by atoms with van der Waals surface area (Å²) in [7, 11) is 0. The van der Waals surface area contributed by atoms with Crippen molar-refractivity contribution >= 4 is 11.5 Å². The first-order valence-corrected chi connectivity index (χ1v) is 5.91. The van der Waals surface area contributed by atoms with Crippen LogP contribution in [-0.4, -0.2) is 27.1 Å². The first-order chi connectivity index (χ1) is 9.15. The van der Waals surface area contributed by atoms with Crippen LogP contribution in [0.1, 0.15) is 11.4 Å². The maximum Gasteiger partial charge on any atom is 0.152 e. The van der Waals surface area contributed by atoms with Gasteiger partial charge >= 0.3 is 0 Å². The van der Waals surface area contributed by atoms with Gasteiger partial charge in [0.15, 0.2) is 5.82 Å². The van der Waals surface area contributed by atoms with Crippen LogP contribution in [0.4, 0.5) is 10.1 Å². The van der Waals surface area contributed by atoms with Crippen LogP contribution in [0.3, 0.4) is 0 Å². The monoisotopic (exact) mass is 260 g/mol. The molecule has 1 aromatic heterocycles. The zero-order valence-electron chi connectivity index (χ0n) is 10.2. The topological polar surface area (TPSA) is 83.8 Å². The Balaban J connectivity index is 1.90. The SMILES string of the molecule is N=C(N)c1ccc(N2CCn3cnnc3C2)c(F)c1. The minimum absolute atomic E-state index is 0.135. The lowest BCUT2D eigenvalue weighted by Gasteiger charge is -2.29. The van der Waals surface area contributed by atoms with Gasteiger partial charge in [0, 0.05) is 18.7 Å². The second-order valence-electron chi connectivity index (χ2n) is 4.44. The second-order valence-corrected chi connectivity index (χ2v) is 4.44. The molecule has 0 aliphatic carbocycles. The highest BCUT2D eigenvalue weighted by Gasteiger charge is 2.20. The Kier molecular flexibility index (Phi) is 2.66. The molecule has 7 heteroatoms. The van der Waals surface area contributed by atoms with E-state index >= 15 is 0 Å². The Morgan fingerprint density at radius 1 is 1.37 bits per heavy atom. The van der Waals surface area contributed by atoms with Crippen LogP contribution in [0, 0.1) is 11.2 Å². The third kappa shape index (κ3) is 2.03. The zero-order chi connectivity index (χ0) is 13.4. The average molecular weight is 260 g/mol. The summed E-state index contributed by atoms with van der Waals surface area (Å²) in [6.45, 7) is 1.95. The van der Waals surface area contributed by atoms with Gasteiger partial charge in [-0.3, -0.25) is 5.41 Å². The number of amidine groups is 1. The number of rotatable bonds is 2. The first kappa shape index (κ1) is 11.6. The lowest BCUT2D eigenvalue weighted by atomic mass is 10.1. The fourth-order valence-corrected chi connectivity index (χ4v) is 2.20. The van der Waals surface area contributed by atoms with Gasteiger partial charge in [-0.15, -0.1) is 10.2 Å². The second kappa shape index (κ2) is 4.34. The smallest absolute Gasteiger partial charge is 0.152 e. The van der Waals surface area contributed by atoms with Gasteiger partial charge in [-0.25, -0.2) is 4.39 Å².